The highest BCUT2D eigenvalue weighted by Crippen LogP contribution is 2.42. The molecular formula is C20H27NO5. The number of carbonyl (C=O) groups excluding carboxylic acids is 2. The van der Waals surface area contributed by atoms with E-state index >= 15 is 0 Å². The summed E-state index contributed by atoms with van der Waals surface area (Å²) in [6.07, 6.45) is 4.49. The summed E-state index contributed by atoms with van der Waals surface area (Å²) in [5, 5.41) is 3.19. The topological polar surface area (TPSA) is 73.9 Å². The Morgan fingerprint density at radius 3 is 2.65 bits per heavy atom. The number of nitrogens with one attached hydrogen (secondary N) is 1. The molecule has 1 heterocycles. The SMILES string of the molecule is COCCC(=O)N[C@@H]1C[C@H](c2ccc(C(=O)OC)cc2)O[C@@H]2CCC[C@@H]12. The van der Waals surface area contributed by atoms with Gasteiger partial charge in [-0.25, -0.2) is 4.79 Å². The molecule has 26 heavy (non-hydrogen) atoms. The first kappa shape index (κ1) is 18.9. The van der Waals surface area contributed by atoms with Crippen LogP contribution in [0.4, 0.5) is 0 Å². The van der Waals surface area contributed by atoms with Gasteiger partial charge in [0.15, 0.2) is 0 Å². The maximum Gasteiger partial charge on any atom is 0.337 e. The van der Waals surface area contributed by atoms with Gasteiger partial charge in [0.1, 0.15) is 0 Å². The van der Waals surface area contributed by atoms with Gasteiger partial charge in [-0.2, -0.15) is 0 Å². The van der Waals surface area contributed by atoms with Crippen LogP contribution in [0.1, 0.15) is 54.1 Å². The molecule has 142 valence electrons. The zero-order chi connectivity index (χ0) is 18.5. The molecular weight excluding hydrogens is 334 g/mol. The number of fused-ring (bicyclic) bond motifs is 1. The number of carbonyl (C=O) groups is 2. The van der Waals surface area contributed by atoms with Crippen molar-refractivity contribution in [2.75, 3.05) is 20.8 Å². The van der Waals surface area contributed by atoms with Crippen LogP contribution < -0.4 is 5.32 Å². The van der Waals surface area contributed by atoms with Gasteiger partial charge in [0, 0.05) is 25.5 Å². The third-order valence-electron chi connectivity index (χ3n) is 5.41. The van der Waals surface area contributed by atoms with Crippen LogP contribution in [0.3, 0.4) is 0 Å². The highest BCUT2D eigenvalue weighted by atomic mass is 16.5. The third-order valence-corrected chi connectivity index (χ3v) is 5.41. The Morgan fingerprint density at radius 2 is 1.96 bits per heavy atom. The summed E-state index contributed by atoms with van der Waals surface area (Å²) in [4.78, 5) is 23.8. The second-order valence-corrected chi connectivity index (χ2v) is 7.02. The van der Waals surface area contributed by atoms with Gasteiger partial charge < -0.3 is 19.5 Å². The van der Waals surface area contributed by atoms with Crippen LogP contribution in [-0.4, -0.2) is 44.8 Å². The highest BCUT2D eigenvalue weighted by molar-refractivity contribution is 5.89. The van der Waals surface area contributed by atoms with E-state index in [-0.39, 0.29) is 30.1 Å². The van der Waals surface area contributed by atoms with Crippen molar-refractivity contribution in [1.29, 1.82) is 0 Å². The summed E-state index contributed by atoms with van der Waals surface area (Å²) in [6, 6.07) is 7.46. The van der Waals surface area contributed by atoms with Crippen LogP contribution in [0.25, 0.3) is 0 Å². The van der Waals surface area contributed by atoms with Gasteiger partial charge in [0.2, 0.25) is 5.91 Å². The lowest BCUT2D eigenvalue weighted by Gasteiger charge is -2.39. The summed E-state index contributed by atoms with van der Waals surface area (Å²) < 4.78 is 16.1. The van der Waals surface area contributed by atoms with E-state index in [9.17, 15) is 9.59 Å². The lowest BCUT2D eigenvalue weighted by atomic mass is 9.86. The molecule has 2 fully saturated rings. The standard InChI is InChI=1S/C20H27NO5/c1-24-11-10-19(22)21-16-12-18(26-17-5-3-4-15(16)17)13-6-8-14(9-7-13)20(23)25-2/h6-9,15-18H,3-5,10-12H2,1-2H3,(H,21,22)/t15-,16+,17+,18+/m0/s1. The number of benzene rings is 1. The van der Waals surface area contributed by atoms with Gasteiger partial charge in [-0.1, -0.05) is 18.6 Å². The monoisotopic (exact) mass is 361 g/mol. The van der Waals surface area contributed by atoms with Gasteiger partial charge in [0.25, 0.3) is 0 Å². The predicted molar refractivity (Wildman–Crippen MR) is 95.8 cm³/mol. The van der Waals surface area contributed by atoms with Crippen LogP contribution in [0.15, 0.2) is 24.3 Å². The molecule has 6 nitrogen and oxygen atoms in total. The molecule has 1 N–H and O–H groups in total. The van der Waals surface area contributed by atoms with Crippen LogP contribution >= 0.6 is 0 Å². The zero-order valence-corrected chi connectivity index (χ0v) is 15.4. The molecule has 0 unspecified atom stereocenters. The van der Waals surface area contributed by atoms with E-state index in [0.717, 1.165) is 31.2 Å². The van der Waals surface area contributed by atoms with Crippen LogP contribution in [0.5, 0.6) is 0 Å². The second kappa shape index (κ2) is 8.64. The lowest BCUT2D eigenvalue weighted by Crippen LogP contribution is -2.48. The van der Waals surface area contributed by atoms with Crippen molar-refractivity contribution in [3.05, 3.63) is 35.4 Å². The normalized spacial score (nSPS) is 27.6. The molecule has 1 saturated carbocycles. The third kappa shape index (κ3) is 4.24. The summed E-state index contributed by atoms with van der Waals surface area (Å²) in [5.74, 6) is 0.0662. The van der Waals surface area contributed by atoms with Gasteiger partial charge >= 0.3 is 5.97 Å². The molecule has 1 aromatic rings. The van der Waals surface area contributed by atoms with Crippen LogP contribution in [-0.2, 0) is 19.0 Å². The van der Waals surface area contributed by atoms with Crippen LogP contribution in [0.2, 0.25) is 0 Å². The number of methoxy groups -OCH3 is 2. The molecule has 4 atom stereocenters. The molecule has 0 bridgehead atoms. The number of rotatable bonds is 6. The quantitative estimate of drug-likeness (QED) is 0.789. The smallest absolute Gasteiger partial charge is 0.337 e. The summed E-state index contributed by atoms with van der Waals surface area (Å²) in [7, 11) is 2.97. The number of esters is 1. The average molecular weight is 361 g/mol. The fourth-order valence-corrected chi connectivity index (χ4v) is 4.06. The first-order valence-electron chi connectivity index (χ1n) is 9.24. The summed E-state index contributed by atoms with van der Waals surface area (Å²) >= 11 is 0. The molecule has 0 radical (unpaired) electrons. The Kier molecular flexibility index (Phi) is 6.27. The molecule has 1 aliphatic carbocycles. The minimum absolute atomic E-state index is 0.0317. The number of ether oxygens (including phenoxy) is 3. The minimum Gasteiger partial charge on any atom is -0.465 e. The van der Waals surface area contributed by atoms with Gasteiger partial charge in [-0.15, -0.1) is 0 Å². The lowest BCUT2D eigenvalue weighted by molar-refractivity contribution is -0.127. The minimum atomic E-state index is -0.347. The van der Waals surface area contributed by atoms with E-state index < -0.39 is 0 Å². The maximum absolute atomic E-state index is 12.2. The fourth-order valence-electron chi connectivity index (χ4n) is 4.06. The Balaban J connectivity index is 1.70. The van der Waals surface area contributed by atoms with E-state index in [2.05, 4.69) is 5.32 Å². The van der Waals surface area contributed by atoms with Crippen molar-refractivity contribution in [1.82, 2.24) is 5.32 Å². The van der Waals surface area contributed by atoms with Gasteiger partial charge in [-0.3, -0.25) is 4.79 Å². The number of hydrogen-bond acceptors (Lipinski definition) is 5. The van der Waals surface area contributed by atoms with Gasteiger partial charge in [-0.05, 0) is 37.0 Å². The Morgan fingerprint density at radius 1 is 1.19 bits per heavy atom. The molecule has 6 heteroatoms. The predicted octanol–water partition coefficient (Wildman–Crippen LogP) is 2.62. The molecule has 1 amide bonds. The first-order valence-corrected chi connectivity index (χ1v) is 9.24. The fraction of sp³-hybridized carbons (Fsp3) is 0.600. The zero-order valence-electron chi connectivity index (χ0n) is 15.4. The molecule has 2 aliphatic rings. The molecule has 3 rings (SSSR count). The van der Waals surface area contributed by atoms with E-state index in [1.807, 2.05) is 12.1 Å². The molecule has 1 aromatic carbocycles. The van der Waals surface area contributed by atoms with E-state index in [4.69, 9.17) is 14.2 Å². The Hall–Kier alpha value is -1.92. The van der Waals surface area contributed by atoms with E-state index in [0.29, 0.717) is 24.5 Å². The molecule has 0 aromatic heterocycles. The van der Waals surface area contributed by atoms with E-state index in [1.54, 1.807) is 19.2 Å². The number of amides is 1. The van der Waals surface area contributed by atoms with E-state index in [1.165, 1.54) is 7.11 Å². The first-order chi connectivity index (χ1) is 12.6. The summed E-state index contributed by atoms with van der Waals surface area (Å²) in [6.45, 7) is 0.432. The highest BCUT2D eigenvalue weighted by Gasteiger charge is 2.42. The van der Waals surface area contributed by atoms with Crippen molar-refractivity contribution >= 4 is 11.9 Å². The summed E-state index contributed by atoms with van der Waals surface area (Å²) in [5.41, 5.74) is 1.55. The molecule has 0 spiro atoms. The van der Waals surface area contributed by atoms with Crippen molar-refractivity contribution in [2.45, 2.75) is 50.4 Å². The average Bonchev–Trinajstić information content (AvgIpc) is 3.14. The Labute approximate surface area is 154 Å². The number of hydrogen-bond donors (Lipinski definition) is 1. The van der Waals surface area contributed by atoms with Crippen LogP contribution in [0, 0.1) is 5.92 Å². The molecule has 1 saturated heterocycles. The van der Waals surface area contributed by atoms with Crippen molar-refractivity contribution in [2.24, 2.45) is 5.92 Å². The van der Waals surface area contributed by atoms with Crippen molar-refractivity contribution < 1.29 is 23.8 Å². The Bertz CT molecular complexity index is 630. The van der Waals surface area contributed by atoms with Gasteiger partial charge in [0.05, 0.1) is 31.5 Å². The van der Waals surface area contributed by atoms with Crippen molar-refractivity contribution in [3.63, 3.8) is 0 Å². The maximum atomic E-state index is 12.2. The van der Waals surface area contributed by atoms with Crippen molar-refractivity contribution in [3.8, 4) is 0 Å². The second-order valence-electron chi connectivity index (χ2n) is 7.02. The molecule has 1 aliphatic heterocycles. The largest absolute Gasteiger partial charge is 0.465 e.